The zero-order valence-electron chi connectivity index (χ0n) is 9.26. The van der Waals surface area contributed by atoms with Crippen LogP contribution in [0.25, 0.3) is 17.0 Å². The van der Waals surface area contributed by atoms with Crippen molar-refractivity contribution in [1.82, 2.24) is 14.6 Å². The molecule has 17 heavy (non-hydrogen) atoms. The molecule has 0 aliphatic carbocycles. The first kappa shape index (κ1) is 10.5. The van der Waals surface area contributed by atoms with E-state index in [0.717, 1.165) is 27.2 Å². The highest BCUT2D eigenvalue weighted by Gasteiger charge is 2.08. The van der Waals surface area contributed by atoms with Crippen LogP contribution in [-0.2, 0) is 0 Å². The van der Waals surface area contributed by atoms with Crippen LogP contribution in [0.4, 0.5) is 0 Å². The monoisotopic (exact) mass is 287 g/mol. The Labute approximate surface area is 107 Å². The predicted octanol–water partition coefficient (Wildman–Crippen LogP) is 3.47. The minimum Gasteiger partial charge on any atom is -0.207 e. The van der Waals surface area contributed by atoms with E-state index in [-0.39, 0.29) is 0 Å². The van der Waals surface area contributed by atoms with Crippen molar-refractivity contribution in [1.29, 1.82) is 0 Å². The molecule has 0 saturated heterocycles. The maximum absolute atomic E-state index is 4.53. The predicted molar refractivity (Wildman–Crippen MR) is 70.9 cm³/mol. The Kier molecular flexibility index (Phi) is 2.44. The van der Waals surface area contributed by atoms with Crippen LogP contribution in [-0.4, -0.2) is 14.6 Å². The molecule has 4 heteroatoms. The van der Waals surface area contributed by atoms with E-state index in [1.807, 2.05) is 49.4 Å². The number of fused-ring (bicyclic) bond motifs is 1. The second kappa shape index (κ2) is 3.96. The van der Waals surface area contributed by atoms with Crippen molar-refractivity contribution >= 4 is 21.6 Å². The molecule has 0 saturated carbocycles. The summed E-state index contributed by atoms with van der Waals surface area (Å²) >= 11 is 3.49. The molecule has 0 fully saturated rings. The standard InChI is InChI=1S/C13H10BrN3/c1-9-7-11(14)17-12(8-9)15-13(16-17)10-5-3-2-4-6-10/h2-8H,1H3. The van der Waals surface area contributed by atoms with Crippen molar-refractivity contribution in [2.24, 2.45) is 0 Å². The molecule has 0 unspecified atom stereocenters. The zero-order valence-corrected chi connectivity index (χ0v) is 10.8. The summed E-state index contributed by atoms with van der Waals surface area (Å²) in [6.07, 6.45) is 0. The largest absolute Gasteiger partial charge is 0.207 e. The van der Waals surface area contributed by atoms with Gasteiger partial charge in [-0.2, -0.15) is 0 Å². The molecule has 0 aliphatic rings. The highest BCUT2D eigenvalue weighted by Crippen LogP contribution is 2.20. The number of hydrogen-bond acceptors (Lipinski definition) is 2. The Morgan fingerprint density at radius 2 is 1.88 bits per heavy atom. The lowest BCUT2D eigenvalue weighted by Gasteiger charge is -1.96. The van der Waals surface area contributed by atoms with Crippen molar-refractivity contribution in [2.75, 3.05) is 0 Å². The first-order chi connectivity index (χ1) is 8.24. The average molecular weight is 288 g/mol. The van der Waals surface area contributed by atoms with E-state index in [4.69, 9.17) is 0 Å². The van der Waals surface area contributed by atoms with Crippen LogP contribution in [0, 0.1) is 6.92 Å². The van der Waals surface area contributed by atoms with E-state index in [0.29, 0.717) is 0 Å². The normalized spacial score (nSPS) is 10.9. The lowest BCUT2D eigenvalue weighted by atomic mass is 10.2. The second-order valence-electron chi connectivity index (χ2n) is 3.93. The summed E-state index contributed by atoms with van der Waals surface area (Å²) in [5.74, 6) is 0.747. The Balaban J connectivity index is 2.24. The van der Waals surface area contributed by atoms with Gasteiger partial charge in [0.05, 0.1) is 0 Å². The van der Waals surface area contributed by atoms with E-state index in [1.165, 1.54) is 0 Å². The summed E-state index contributed by atoms with van der Waals surface area (Å²) in [7, 11) is 0. The van der Waals surface area contributed by atoms with Gasteiger partial charge in [-0.25, -0.2) is 9.50 Å². The second-order valence-corrected chi connectivity index (χ2v) is 4.74. The molecular formula is C13H10BrN3. The van der Waals surface area contributed by atoms with Gasteiger partial charge in [-0.3, -0.25) is 0 Å². The van der Waals surface area contributed by atoms with Crippen LogP contribution in [0.5, 0.6) is 0 Å². The number of rotatable bonds is 1. The van der Waals surface area contributed by atoms with Gasteiger partial charge in [0.2, 0.25) is 0 Å². The number of aromatic nitrogens is 3. The lowest BCUT2D eigenvalue weighted by molar-refractivity contribution is 0.936. The molecule has 3 aromatic rings. The van der Waals surface area contributed by atoms with Gasteiger partial charge in [0.25, 0.3) is 0 Å². The lowest BCUT2D eigenvalue weighted by Crippen LogP contribution is -1.90. The molecule has 3 nitrogen and oxygen atoms in total. The van der Waals surface area contributed by atoms with Gasteiger partial charge in [-0.1, -0.05) is 30.3 Å². The SMILES string of the molecule is Cc1cc(Br)n2nc(-c3ccccc3)nc2c1. The Bertz CT molecular complexity index is 674. The summed E-state index contributed by atoms with van der Waals surface area (Å²) in [6, 6.07) is 14.0. The molecule has 0 bridgehead atoms. The summed E-state index contributed by atoms with van der Waals surface area (Å²) in [4.78, 5) is 4.53. The summed E-state index contributed by atoms with van der Waals surface area (Å²) < 4.78 is 2.72. The Morgan fingerprint density at radius 3 is 2.65 bits per heavy atom. The number of aryl methyl sites for hydroxylation is 1. The third kappa shape index (κ3) is 1.85. The maximum atomic E-state index is 4.53. The molecule has 0 aliphatic heterocycles. The quantitative estimate of drug-likeness (QED) is 0.642. The topological polar surface area (TPSA) is 30.2 Å². The molecule has 0 atom stereocenters. The van der Waals surface area contributed by atoms with Crippen LogP contribution < -0.4 is 0 Å². The summed E-state index contributed by atoms with van der Waals surface area (Å²) in [5.41, 5.74) is 3.05. The van der Waals surface area contributed by atoms with Gasteiger partial charge >= 0.3 is 0 Å². The van der Waals surface area contributed by atoms with Crippen LogP contribution in [0.2, 0.25) is 0 Å². The highest BCUT2D eigenvalue weighted by atomic mass is 79.9. The number of benzene rings is 1. The molecule has 2 aromatic heterocycles. The van der Waals surface area contributed by atoms with Crippen LogP contribution in [0.3, 0.4) is 0 Å². The van der Waals surface area contributed by atoms with Gasteiger partial charge in [0.15, 0.2) is 11.5 Å². The van der Waals surface area contributed by atoms with Crippen molar-refractivity contribution in [2.45, 2.75) is 6.92 Å². The van der Waals surface area contributed by atoms with E-state index in [2.05, 4.69) is 26.0 Å². The minimum absolute atomic E-state index is 0.747. The first-order valence-electron chi connectivity index (χ1n) is 5.32. The summed E-state index contributed by atoms with van der Waals surface area (Å²) in [6.45, 7) is 2.04. The van der Waals surface area contributed by atoms with Crippen LogP contribution in [0.15, 0.2) is 47.1 Å². The third-order valence-electron chi connectivity index (χ3n) is 2.57. The minimum atomic E-state index is 0.747. The van der Waals surface area contributed by atoms with Crippen LogP contribution >= 0.6 is 15.9 Å². The average Bonchev–Trinajstić information content (AvgIpc) is 2.74. The van der Waals surface area contributed by atoms with Crippen molar-refractivity contribution in [3.8, 4) is 11.4 Å². The van der Waals surface area contributed by atoms with Gasteiger partial charge in [-0.15, -0.1) is 5.10 Å². The fraction of sp³-hybridized carbons (Fsp3) is 0.0769. The first-order valence-corrected chi connectivity index (χ1v) is 6.12. The third-order valence-corrected chi connectivity index (χ3v) is 3.13. The maximum Gasteiger partial charge on any atom is 0.182 e. The van der Waals surface area contributed by atoms with Crippen molar-refractivity contribution in [3.05, 3.63) is 52.6 Å². The number of nitrogens with zero attached hydrogens (tertiary/aromatic N) is 3. The van der Waals surface area contributed by atoms with Crippen LogP contribution in [0.1, 0.15) is 5.56 Å². The molecule has 0 radical (unpaired) electrons. The molecule has 0 amide bonds. The molecule has 3 rings (SSSR count). The molecule has 84 valence electrons. The fourth-order valence-electron chi connectivity index (χ4n) is 1.78. The van der Waals surface area contributed by atoms with E-state index < -0.39 is 0 Å². The van der Waals surface area contributed by atoms with Gasteiger partial charge in [0, 0.05) is 5.56 Å². The fourth-order valence-corrected chi connectivity index (χ4v) is 2.40. The number of hydrogen-bond donors (Lipinski definition) is 0. The Hall–Kier alpha value is -1.68. The van der Waals surface area contributed by atoms with Gasteiger partial charge < -0.3 is 0 Å². The smallest absolute Gasteiger partial charge is 0.182 e. The highest BCUT2D eigenvalue weighted by molar-refractivity contribution is 9.10. The molecule has 1 aromatic carbocycles. The zero-order chi connectivity index (χ0) is 11.8. The Morgan fingerprint density at radius 1 is 1.12 bits per heavy atom. The van der Waals surface area contributed by atoms with E-state index >= 15 is 0 Å². The number of halogens is 1. The van der Waals surface area contributed by atoms with E-state index in [1.54, 1.807) is 4.52 Å². The number of pyridine rings is 1. The molecule has 0 spiro atoms. The van der Waals surface area contributed by atoms with Crippen molar-refractivity contribution in [3.63, 3.8) is 0 Å². The van der Waals surface area contributed by atoms with Crippen molar-refractivity contribution < 1.29 is 0 Å². The van der Waals surface area contributed by atoms with Gasteiger partial charge in [-0.05, 0) is 40.5 Å². The summed E-state index contributed by atoms with van der Waals surface area (Å²) in [5, 5.41) is 4.48. The van der Waals surface area contributed by atoms with Gasteiger partial charge in [0.1, 0.15) is 4.60 Å². The molecule has 0 N–H and O–H groups in total. The van der Waals surface area contributed by atoms with E-state index in [9.17, 15) is 0 Å². The molecule has 2 heterocycles. The molecular weight excluding hydrogens is 278 g/mol.